The third-order valence-electron chi connectivity index (χ3n) is 5.02. The Kier molecular flexibility index (Phi) is 6.76. The molecule has 1 heterocycles. The Labute approximate surface area is 172 Å². The predicted octanol–water partition coefficient (Wildman–Crippen LogP) is 2.35. The molecule has 0 radical (unpaired) electrons. The maximum atomic E-state index is 12.8. The van der Waals surface area contributed by atoms with Crippen molar-refractivity contribution in [3.8, 4) is 5.75 Å². The summed E-state index contributed by atoms with van der Waals surface area (Å²) in [6.45, 7) is 3.38. The number of rotatable bonds is 6. The summed E-state index contributed by atoms with van der Waals surface area (Å²) in [6.07, 6.45) is 1.74. The molecule has 0 unspecified atom stereocenters. The first-order chi connectivity index (χ1) is 13.9. The van der Waals surface area contributed by atoms with E-state index in [1.165, 1.54) is 22.0 Å². The van der Waals surface area contributed by atoms with Crippen LogP contribution in [0.2, 0.25) is 0 Å². The molecule has 0 bridgehead atoms. The maximum Gasteiger partial charge on any atom is 0.317 e. The fraction of sp³-hybridized carbons (Fsp3) is 0.381. The van der Waals surface area contributed by atoms with Gasteiger partial charge in [0.15, 0.2) is 0 Å². The summed E-state index contributed by atoms with van der Waals surface area (Å²) >= 11 is 0. The molecule has 0 saturated carbocycles. The molecule has 2 N–H and O–H groups in total. The minimum absolute atomic E-state index is 0.0867. The van der Waals surface area contributed by atoms with Gasteiger partial charge in [-0.25, -0.2) is 13.2 Å². The van der Waals surface area contributed by atoms with Crippen LogP contribution in [0.3, 0.4) is 0 Å². The number of hydrogen-bond donors (Lipinski definition) is 2. The summed E-state index contributed by atoms with van der Waals surface area (Å²) in [4.78, 5) is 13.9. The molecule has 0 atom stereocenters. The van der Waals surface area contributed by atoms with Gasteiger partial charge >= 0.3 is 6.03 Å². The van der Waals surface area contributed by atoms with Crippen LogP contribution in [0, 0.1) is 6.92 Å². The van der Waals surface area contributed by atoms with Gasteiger partial charge in [0.1, 0.15) is 10.6 Å². The highest BCUT2D eigenvalue weighted by Gasteiger charge is 2.31. The van der Waals surface area contributed by atoms with E-state index >= 15 is 0 Å². The van der Waals surface area contributed by atoms with E-state index in [0.29, 0.717) is 19.6 Å². The molecule has 0 aromatic heterocycles. The van der Waals surface area contributed by atoms with Crippen molar-refractivity contribution >= 4 is 16.1 Å². The predicted molar refractivity (Wildman–Crippen MR) is 111 cm³/mol. The minimum Gasteiger partial charge on any atom is -0.507 e. The van der Waals surface area contributed by atoms with Crippen molar-refractivity contribution < 1.29 is 18.3 Å². The Hall–Kier alpha value is -2.58. The lowest BCUT2D eigenvalue weighted by Gasteiger charge is -2.34. The number of carbonyl (C=O) groups is 1. The number of aromatic hydroxyl groups is 1. The first-order valence-electron chi connectivity index (χ1n) is 9.74. The second-order valence-corrected chi connectivity index (χ2v) is 9.09. The molecule has 1 aliphatic rings. The van der Waals surface area contributed by atoms with Crippen molar-refractivity contribution in [3.63, 3.8) is 0 Å². The van der Waals surface area contributed by atoms with Crippen molar-refractivity contribution in [1.29, 1.82) is 0 Å². The summed E-state index contributed by atoms with van der Waals surface area (Å²) in [6, 6.07) is 14.4. The molecule has 1 aliphatic heterocycles. The van der Waals surface area contributed by atoms with Crippen LogP contribution in [0.5, 0.6) is 5.75 Å². The second-order valence-electron chi connectivity index (χ2n) is 7.18. The molecular weight excluding hydrogens is 390 g/mol. The lowest BCUT2D eigenvalue weighted by atomic mass is 10.1. The number of nitrogens with one attached hydrogen (secondary N) is 1. The van der Waals surface area contributed by atoms with Crippen LogP contribution in [-0.2, 0) is 16.4 Å². The van der Waals surface area contributed by atoms with Crippen molar-refractivity contribution in [2.75, 3.05) is 32.7 Å². The summed E-state index contributed by atoms with van der Waals surface area (Å²) in [7, 11) is -3.79. The number of carbonyl (C=O) groups excluding carboxylic acids is 1. The molecular formula is C21H27N3O4S. The summed E-state index contributed by atoms with van der Waals surface area (Å²) in [5.41, 5.74) is 2.00. The van der Waals surface area contributed by atoms with E-state index in [-0.39, 0.29) is 29.8 Å². The molecule has 8 heteroatoms. The van der Waals surface area contributed by atoms with E-state index in [1.807, 2.05) is 18.2 Å². The smallest absolute Gasteiger partial charge is 0.317 e. The van der Waals surface area contributed by atoms with Gasteiger partial charge in [0, 0.05) is 32.7 Å². The molecule has 0 aliphatic carbocycles. The van der Waals surface area contributed by atoms with Gasteiger partial charge in [-0.1, -0.05) is 36.4 Å². The molecule has 156 valence electrons. The molecule has 29 heavy (non-hydrogen) atoms. The number of urea groups is 1. The lowest BCUT2D eigenvalue weighted by molar-refractivity contribution is 0.172. The van der Waals surface area contributed by atoms with E-state index in [1.54, 1.807) is 17.9 Å². The number of amides is 2. The minimum atomic E-state index is -3.79. The van der Waals surface area contributed by atoms with Gasteiger partial charge in [0.25, 0.3) is 0 Å². The zero-order chi connectivity index (χ0) is 20.9. The number of phenolic OH excluding ortho intramolecular Hbond substituents is 1. The fourth-order valence-electron chi connectivity index (χ4n) is 3.34. The number of sulfonamides is 1. The van der Waals surface area contributed by atoms with Crippen LogP contribution in [0.15, 0.2) is 53.4 Å². The van der Waals surface area contributed by atoms with E-state index in [0.717, 1.165) is 18.4 Å². The van der Waals surface area contributed by atoms with Gasteiger partial charge in [-0.2, -0.15) is 4.31 Å². The number of hydrogen-bond acceptors (Lipinski definition) is 4. The Balaban J connectivity index is 1.48. The largest absolute Gasteiger partial charge is 0.507 e. The van der Waals surface area contributed by atoms with E-state index < -0.39 is 10.0 Å². The average molecular weight is 418 g/mol. The number of nitrogens with zero attached hydrogens (tertiary/aromatic N) is 2. The molecule has 2 aromatic rings. The van der Waals surface area contributed by atoms with Crippen molar-refractivity contribution in [2.45, 2.75) is 24.7 Å². The Bertz CT molecular complexity index is 940. The van der Waals surface area contributed by atoms with Crippen molar-refractivity contribution in [3.05, 3.63) is 59.7 Å². The normalized spacial score (nSPS) is 15.3. The van der Waals surface area contributed by atoms with Crippen LogP contribution < -0.4 is 5.32 Å². The molecule has 0 spiro atoms. The molecule has 2 amide bonds. The highest BCUT2D eigenvalue weighted by Crippen LogP contribution is 2.27. The van der Waals surface area contributed by atoms with Gasteiger partial charge in [-0.05, 0) is 43.0 Å². The summed E-state index contributed by atoms with van der Waals surface area (Å²) < 4.78 is 27.0. The number of phenols is 1. The first kappa shape index (κ1) is 21.1. The Morgan fingerprint density at radius 1 is 1.07 bits per heavy atom. The van der Waals surface area contributed by atoms with Gasteiger partial charge in [-0.3, -0.25) is 0 Å². The third-order valence-corrected chi connectivity index (χ3v) is 6.95. The summed E-state index contributed by atoms with van der Waals surface area (Å²) in [5.74, 6) is -0.255. The molecule has 7 nitrogen and oxygen atoms in total. The number of benzene rings is 2. The molecule has 1 fully saturated rings. The monoisotopic (exact) mass is 417 g/mol. The number of aryl methyl sites for hydroxylation is 2. The Morgan fingerprint density at radius 3 is 2.45 bits per heavy atom. The van der Waals surface area contributed by atoms with Crippen LogP contribution in [0.1, 0.15) is 17.5 Å². The Morgan fingerprint density at radius 2 is 1.76 bits per heavy atom. The fourth-order valence-corrected chi connectivity index (χ4v) is 4.93. The third kappa shape index (κ3) is 5.27. The van der Waals surface area contributed by atoms with E-state index in [4.69, 9.17) is 0 Å². The first-order valence-corrected chi connectivity index (χ1v) is 11.2. The van der Waals surface area contributed by atoms with E-state index in [9.17, 15) is 18.3 Å². The lowest BCUT2D eigenvalue weighted by Crippen LogP contribution is -2.53. The van der Waals surface area contributed by atoms with Gasteiger partial charge in [-0.15, -0.1) is 0 Å². The molecule has 2 aromatic carbocycles. The van der Waals surface area contributed by atoms with Crippen molar-refractivity contribution in [1.82, 2.24) is 14.5 Å². The highest BCUT2D eigenvalue weighted by molar-refractivity contribution is 7.89. The van der Waals surface area contributed by atoms with Gasteiger partial charge < -0.3 is 15.3 Å². The summed E-state index contributed by atoms with van der Waals surface area (Å²) in [5, 5.41) is 12.9. The second kappa shape index (κ2) is 9.28. The zero-order valence-electron chi connectivity index (χ0n) is 16.5. The van der Waals surface area contributed by atoms with Gasteiger partial charge in [0.2, 0.25) is 10.0 Å². The molecule has 3 rings (SSSR count). The van der Waals surface area contributed by atoms with Crippen LogP contribution in [0.4, 0.5) is 4.79 Å². The SMILES string of the molecule is Cc1ccc(O)c(S(=O)(=O)N2CCN(C(=O)NCCCc3ccccc3)CC2)c1. The quantitative estimate of drug-likeness (QED) is 0.706. The van der Waals surface area contributed by atoms with Crippen LogP contribution in [-0.4, -0.2) is 61.5 Å². The van der Waals surface area contributed by atoms with Crippen LogP contribution >= 0.6 is 0 Å². The molecule has 1 saturated heterocycles. The van der Waals surface area contributed by atoms with Crippen LogP contribution in [0.25, 0.3) is 0 Å². The van der Waals surface area contributed by atoms with Gasteiger partial charge in [0.05, 0.1) is 0 Å². The number of piperazine rings is 1. The average Bonchev–Trinajstić information content (AvgIpc) is 2.73. The van der Waals surface area contributed by atoms with E-state index in [2.05, 4.69) is 17.4 Å². The van der Waals surface area contributed by atoms with Crippen molar-refractivity contribution in [2.24, 2.45) is 0 Å². The topological polar surface area (TPSA) is 90.0 Å². The maximum absolute atomic E-state index is 12.8. The highest BCUT2D eigenvalue weighted by atomic mass is 32.2. The standard InChI is InChI=1S/C21H27N3O4S/c1-17-9-10-19(25)20(16-17)29(27,28)24-14-12-23(13-15-24)21(26)22-11-5-8-18-6-3-2-4-7-18/h2-4,6-7,9-10,16,25H,5,8,11-15H2,1H3,(H,22,26). The zero-order valence-corrected chi connectivity index (χ0v) is 17.4.